The number of unbranched alkanes of at least 4 members (excludes halogenated alkanes) is 9. The van der Waals surface area contributed by atoms with Gasteiger partial charge in [0.1, 0.15) is 18.9 Å². The monoisotopic (exact) mass is 480 g/mol. The van der Waals surface area contributed by atoms with Crippen LogP contribution in [0.2, 0.25) is 0 Å². The molecule has 1 rings (SSSR count). The van der Waals surface area contributed by atoms with Crippen molar-refractivity contribution in [2.24, 2.45) is 0 Å². The standard InChI is InChI=1S/C25H41N2O2.BrH/c1-5-6-7-8-9-10-11-12-13-14-17-27(3,4)18-19-29-25-16-15-23(21-26)20-24(25)22(2)28;/h15-16,20H,5-14,17-19H2,1-4H3;1H/q+1;/p-1. The lowest BCUT2D eigenvalue weighted by Gasteiger charge is -2.29. The minimum absolute atomic E-state index is 0. The molecule has 0 N–H and O–H groups in total. The second kappa shape index (κ2) is 16.3. The quantitative estimate of drug-likeness (QED) is 0.207. The molecule has 0 saturated carbocycles. The number of benzene rings is 1. The molecular formula is C25H41BrN2O2. The molecule has 0 atom stereocenters. The fraction of sp³-hybridized carbons (Fsp3) is 0.680. The summed E-state index contributed by atoms with van der Waals surface area (Å²) in [5, 5.41) is 9.01. The van der Waals surface area contributed by atoms with Crippen molar-refractivity contribution >= 4 is 5.78 Å². The van der Waals surface area contributed by atoms with E-state index in [9.17, 15) is 4.79 Å². The molecule has 0 heterocycles. The number of hydrogen-bond donors (Lipinski definition) is 0. The summed E-state index contributed by atoms with van der Waals surface area (Å²) < 4.78 is 6.81. The van der Waals surface area contributed by atoms with E-state index in [1.165, 1.54) is 71.1 Å². The van der Waals surface area contributed by atoms with Gasteiger partial charge in [-0.05, 0) is 38.0 Å². The minimum Gasteiger partial charge on any atom is -1.00 e. The summed E-state index contributed by atoms with van der Waals surface area (Å²) in [6, 6.07) is 7.12. The molecule has 0 saturated heterocycles. The fourth-order valence-corrected chi connectivity index (χ4v) is 3.54. The SMILES string of the molecule is CCCCCCCCCCCC[N+](C)(C)CCOc1ccc(C#N)cc1C(C)=O.[Br-]. The largest absolute Gasteiger partial charge is 1.00 e. The van der Waals surface area contributed by atoms with Crippen molar-refractivity contribution in [3.05, 3.63) is 29.3 Å². The first-order chi connectivity index (χ1) is 13.9. The molecule has 170 valence electrons. The molecular weight excluding hydrogens is 440 g/mol. The molecule has 0 spiro atoms. The van der Waals surface area contributed by atoms with Gasteiger partial charge in [0.05, 0.1) is 37.8 Å². The number of rotatable bonds is 16. The zero-order valence-corrected chi connectivity index (χ0v) is 21.1. The molecule has 30 heavy (non-hydrogen) atoms. The van der Waals surface area contributed by atoms with Crippen molar-refractivity contribution in [1.82, 2.24) is 0 Å². The molecule has 0 bridgehead atoms. The second-order valence-corrected chi connectivity index (χ2v) is 8.79. The highest BCUT2D eigenvalue weighted by atomic mass is 79.9. The highest BCUT2D eigenvalue weighted by molar-refractivity contribution is 5.97. The maximum Gasteiger partial charge on any atom is 0.163 e. The van der Waals surface area contributed by atoms with E-state index >= 15 is 0 Å². The van der Waals surface area contributed by atoms with Gasteiger partial charge < -0.3 is 26.2 Å². The maximum atomic E-state index is 11.8. The van der Waals surface area contributed by atoms with Gasteiger partial charge in [-0.25, -0.2) is 0 Å². The van der Waals surface area contributed by atoms with E-state index in [0.29, 0.717) is 23.5 Å². The highest BCUT2D eigenvalue weighted by Crippen LogP contribution is 2.21. The van der Waals surface area contributed by atoms with Gasteiger partial charge in [-0.2, -0.15) is 5.26 Å². The third-order valence-corrected chi connectivity index (χ3v) is 5.56. The van der Waals surface area contributed by atoms with Crippen LogP contribution < -0.4 is 21.7 Å². The Labute approximate surface area is 195 Å². The van der Waals surface area contributed by atoms with Crippen LogP contribution in [0.15, 0.2) is 18.2 Å². The van der Waals surface area contributed by atoms with Gasteiger partial charge in [-0.15, -0.1) is 0 Å². The number of nitriles is 1. The van der Waals surface area contributed by atoms with E-state index < -0.39 is 0 Å². The van der Waals surface area contributed by atoms with E-state index in [2.05, 4.69) is 27.1 Å². The van der Waals surface area contributed by atoms with Crippen LogP contribution >= 0.6 is 0 Å². The number of carbonyl (C=O) groups is 1. The van der Waals surface area contributed by atoms with E-state index in [-0.39, 0.29) is 22.8 Å². The Kier molecular flexibility index (Phi) is 15.6. The van der Waals surface area contributed by atoms with Crippen LogP contribution in [0.3, 0.4) is 0 Å². The molecule has 0 amide bonds. The van der Waals surface area contributed by atoms with Gasteiger partial charge in [-0.3, -0.25) is 4.79 Å². The summed E-state index contributed by atoms with van der Waals surface area (Å²) in [6.07, 6.45) is 13.6. The predicted molar refractivity (Wildman–Crippen MR) is 120 cm³/mol. The molecule has 1 aromatic carbocycles. The molecule has 0 radical (unpaired) electrons. The third kappa shape index (κ3) is 12.3. The Morgan fingerprint density at radius 3 is 2.07 bits per heavy atom. The smallest absolute Gasteiger partial charge is 0.163 e. The summed E-state index contributed by atoms with van der Waals surface area (Å²) >= 11 is 0. The first-order valence-electron chi connectivity index (χ1n) is 11.4. The second-order valence-electron chi connectivity index (χ2n) is 8.79. The van der Waals surface area contributed by atoms with Gasteiger partial charge >= 0.3 is 0 Å². The van der Waals surface area contributed by atoms with Gasteiger partial charge in [0.2, 0.25) is 0 Å². The molecule has 1 aromatic rings. The Bertz CT molecular complexity index is 653. The number of hydrogen-bond acceptors (Lipinski definition) is 3. The van der Waals surface area contributed by atoms with Crippen molar-refractivity contribution in [1.29, 1.82) is 5.26 Å². The maximum absolute atomic E-state index is 11.8. The van der Waals surface area contributed by atoms with Crippen LogP contribution in [-0.2, 0) is 0 Å². The molecule has 0 aromatic heterocycles. The normalized spacial score (nSPS) is 10.9. The Hall–Kier alpha value is -1.38. The molecule has 0 unspecified atom stereocenters. The van der Waals surface area contributed by atoms with Gasteiger partial charge in [0, 0.05) is 0 Å². The van der Waals surface area contributed by atoms with Crippen LogP contribution in [0.25, 0.3) is 0 Å². The molecule has 0 aliphatic rings. The van der Waals surface area contributed by atoms with Crippen molar-refractivity contribution < 1.29 is 31.0 Å². The predicted octanol–water partition coefficient (Wildman–Crippen LogP) is 3.14. The lowest BCUT2D eigenvalue weighted by atomic mass is 10.1. The average molecular weight is 482 g/mol. The summed E-state index contributed by atoms with van der Waals surface area (Å²) in [5.74, 6) is 0.506. The average Bonchev–Trinajstić information content (AvgIpc) is 2.69. The number of quaternary nitrogens is 1. The van der Waals surface area contributed by atoms with E-state index in [0.717, 1.165) is 17.6 Å². The van der Waals surface area contributed by atoms with E-state index in [1.54, 1.807) is 18.2 Å². The minimum atomic E-state index is -0.0730. The number of carbonyl (C=O) groups excluding carboxylic acids is 1. The van der Waals surface area contributed by atoms with Gasteiger partial charge in [0.25, 0.3) is 0 Å². The molecule has 0 aliphatic carbocycles. The first kappa shape index (κ1) is 28.6. The highest BCUT2D eigenvalue weighted by Gasteiger charge is 2.16. The molecule has 0 aliphatic heterocycles. The lowest BCUT2D eigenvalue weighted by Crippen LogP contribution is -3.00. The fourth-order valence-electron chi connectivity index (χ4n) is 3.54. The van der Waals surface area contributed by atoms with Gasteiger partial charge in [0.15, 0.2) is 5.78 Å². The summed E-state index contributed by atoms with van der Waals surface area (Å²) in [5.41, 5.74) is 0.976. The van der Waals surface area contributed by atoms with Crippen LogP contribution in [0.5, 0.6) is 5.75 Å². The van der Waals surface area contributed by atoms with Crippen molar-refractivity contribution in [2.45, 2.75) is 78.1 Å². The van der Waals surface area contributed by atoms with Crippen molar-refractivity contribution in [2.75, 3.05) is 33.8 Å². The third-order valence-electron chi connectivity index (χ3n) is 5.56. The van der Waals surface area contributed by atoms with Crippen LogP contribution in [0, 0.1) is 11.3 Å². The summed E-state index contributed by atoms with van der Waals surface area (Å²) in [6.45, 7) is 6.38. The van der Waals surface area contributed by atoms with Crippen LogP contribution in [0.4, 0.5) is 0 Å². The number of Topliss-reactive ketones (excluding diaryl/α,β-unsaturated/α-hetero) is 1. The van der Waals surface area contributed by atoms with E-state index in [1.807, 2.05) is 0 Å². The summed E-state index contributed by atoms with van der Waals surface area (Å²) in [7, 11) is 4.48. The Morgan fingerprint density at radius 1 is 0.967 bits per heavy atom. The van der Waals surface area contributed by atoms with Crippen LogP contribution in [0.1, 0.15) is 94.0 Å². The Balaban J connectivity index is 0.00000841. The topological polar surface area (TPSA) is 50.1 Å². The van der Waals surface area contributed by atoms with Crippen molar-refractivity contribution in [3.8, 4) is 11.8 Å². The number of nitrogens with zero attached hydrogens (tertiary/aromatic N) is 2. The Morgan fingerprint density at radius 2 is 1.53 bits per heavy atom. The van der Waals surface area contributed by atoms with Gasteiger partial charge in [-0.1, -0.05) is 58.3 Å². The first-order valence-corrected chi connectivity index (χ1v) is 11.4. The number of halogens is 1. The number of ether oxygens (including phenoxy) is 1. The lowest BCUT2D eigenvalue weighted by molar-refractivity contribution is -0.890. The molecule has 5 heteroatoms. The molecule has 0 fully saturated rings. The number of ketones is 1. The summed E-state index contributed by atoms with van der Waals surface area (Å²) in [4.78, 5) is 11.8. The molecule has 4 nitrogen and oxygen atoms in total. The van der Waals surface area contributed by atoms with E-state index in [4.69, 9.17) is 10.00 Å². The number of likely N-dealkylation sites (N-methyl/N-ethyl adjacent to an activating group) is 1. The van der Waals surface area contributed by atoms with Crippen molar-refractivity contribution in [3.63, 3.8) is 0 Å². The zero-order chi connectivity index (χ0) is 21.5. The van der Waals surface area contributed by atoms with Crippen LogP contribution in [-0.4, -0.2) is 44.1 Å². The zero-order valence-electron chi connectivity index (χ0n) is 19.5.